The Labute approximate surface area is 131 Å². The van der Waals surface area contributed by atoms with Crippen LogP contribution in [0.15, 0.2) is 48.5 Å². The first kappa shape index (κ1) is 16.3. The number of phenols is 1. The molecule has 0 saturated heterocycles. The molecule has 0 heterocycles. The molecule has 0 spiro atoms. The lowest BCUT2D eigenvalue weighted by Gasteiger charge is -2.24. The topological polar surface area (TPSA) is 61.7 Å². The number of aliphatic hydroxyl groups is 1. The summed E-state index contributed by atoms with van der Waals surface area (Å²) in [5.74, 6) is 0.947. The van der Waals surface area contributed by atoms with Gasteiger partial charge in [0.15, 0.2) is 0 Å². The number of phenolic OH excluding ortho intramolecular Hbond substituents is 1. The molecule has 0 radical (unpaired) electrons. The van der Waals surface area contributed by atoms with Gasteiger partial charge in [-0.25, -0.2) is 0 Å². The molecule has 22 heavy (non-hydrogen) atoms. The van der Waals surface area contributed by atoms with Gasteiger partial charge in [-0.3, -0.25) is 0 Å². The second-order valence-electron chi connectivity index (χ2n) is 5.47. The average Bonchev–Trinajstić information content (AvgIpc) is 2.51. The zero-order valence-electron chi connectivity index (χ0n) is 13.0. The van der Waals surface area contributed by atoms with Gasteiger partial charge in [0.1, 0.15) is 11.5 Å². The number of ether oxygens (including phenoxy) is 1. The highest BCUT2D eigenvalue weighted by atomic mass is 16.5. The van der Waals surface area contributed by atoms with Gasteiger partial charge in [-0.15, -0.1) is 0 Å². The molecule has 1 atom stereocenters. The van der Waals surface area contributed by atoms with Crippen molar-refractivity contribution in [2.24, 2.45) is 0 Å². The lowest BCUT2D eigenvalue weighted by molar-refractivity contribution is 0.0566. The van der Waals surface area contributed by atoms with E-state index in [0.29, 0.717) is 19.7 Å². The number of benzene rings is 2. The normalized spacial score (nSPS) is 13.6. The molecule has 0 bridgehead atoms. The maximum atomic E-state index is 10.5. The lowest BCUT2D eigenvalue weighted by Crippen LogP contribution is -2.35. The average molecular weight is 301 g/mol. The first-order chi connectivity index (χ1) is 10.5. The smallest absolute Gasteiger partial charge is 0.120 e. The zero-order chi connectivity index (χ0) is 16.0. The van der Waals surface area contributed by atoms with E-state index in [2.05, 4.69) is 5.32 Å². The summed E-state index contributed by atoms with van der Waals surface area (Å²) in [5, 5.41) is 23.6. The summed E-state index contributed by atoms with van der Waals surface area (Å²) in [5.41, 5.74) is 0.638. The maximum Gasteiger partial charge on any atom is 0.120 e. The third-order valence-electron chi connectivity index (χ3n) is 3.54. The molecule has 2 rings (SSSR count). The van der Waals surface area contributed by atoms with E-state index in [4.69, 9.17) is 4.74 Å². The molecule has 0 amide bonds. The number of aromatic hydroxyl groups is 1. The first-order valence-corrected chi connectivity index (χ1v) is 7.46. The molecule has 3 N–H and O–H groups in total. The molecule has 1 unspecified atom stereocenters. The number of hydrogen-bond donors (Lipinski definition) is 3. The fourth-order valence-corrected chi connectivity index (χ4v) is 2.30. The van der Waals surface area contributed by atoms with Crippen LogP contribution < -0.4 is 10.1 Å². The van der Waals surface area contributed by atoms with Crippen LogP contribution in [0, 0.1) is 0 Å². The molecule has 0 fully saturated rings. The first-order valence-electron chi connectivity index (χ1n) is 7.46. The summed E-state index contributed by atoms with van der Waals surface area (Å²) in [6.45, 7) is 5.11. The number of nitrogens with one attached hydrogen (secondary N) is 1. The van der Waals surface area contributed by atoms with E-state index in [0.717, 1.165) is 16.9 Å². The van der Waals surface area contributed by atoms with E-state index < -0.39 is 5.60 Å². The van der Waals surface area contributed by atoms with Crippen molar-refractivity contribution in [3.8, 4) is 11.5 Å². The van der Waals surface area contributed by atoms with Gasteiger partial charge in [-0.05, 0) is 37.6 Å². The van der Waals surface area contributed by atoms with Gasteiger partial charge in [0.2, 0.25) is 0 Å². The zero-order valence-corrected chi connectivity index (χ0v) is 13.0. The summed E-state index contributed by atoms with van der Waals surface area (Å²) < 4.78 is 5.43. The van der Waals surface area contributed by atoms with E-state index in [1.54, 1.807) is 19.1 Å². The Morgan fingerprint density at radius 1 is 1.14 bits per heavy atom. The van der Waals surface area contributed by atoms with Crippen molar-refractivity contribution in [3.63, 3.8) is 0 Å². The minimum absolute atomic E-state index is 0.218. The Balaban J connectivity index is 1.97. The van der Waals surface area contributed by atoms with Crippen molar-refractivity contribution in [1.82, 2.24) is 5.32 Å². The van der Waals surface area contributed by atoms with Gasteiger partial charge in [-0.2, -0.15) is 0 Å². The Bertz CT molecular complexity index is 597. The minimum atomic E-state index is -0.964. The maximum absolute atomic E-state index is 10.5. The summed E-state index contributed by atoms with van der Waals surface area (Å²) in [6, 6.07) is 14.7. The summed E-state index contributed by atoms with van der Waals surface area (Å²) in [4.78, 5) is 0. The molecule has 2 aromatic rings. The molecule has 0 saturated carbocycles. The highest BCUT2D eigenvalue weighted by molar-refractivity contribution is 5.39. The molecule has 4 nitrogen and oxygen atoms in total. The predicted octanol–water partition coefficient (Wildman–Crippen LogP) is 2.79. The van der Waals surface area contributed by atoms with Gasteiger partial charge in [0.05, 0.1) is 12.2 Å². The third-order valence-corrected chi connectivity index (χ3v) is 3.54. The van der Waals surface area contributed by atoms with Crippen molar-refractivity contribution in [2.45, 2.75) is 26.0 Å². The predicted molar refractivity (Wildman–Crippen MR) is 87.0 cm³/mol. The van der Waals surface area contributed by atoms with Crippen LogP contribution in [0.4, 0.5) is 0 Å². The van der Waals surface area contributed by atoms with Gasteiger partial charge in [0.25, 0.3) is 0 Å². The second kappa shape index (κ2) is 7.29. The Morgan fingerprint density at radius 3 is 2.55 bits per heavy atom. The van der Waals surface area contributed by atoms with Gasteiger partial charge in [-0.1, -0.05) is 30.3 Å². The Hall–Kier alpha value is -2.04. The molecule has 118 valence electrons. The lowest BCUT2D eigenvalue weighted by atomic mass is 9.96. The van der Waals surface area contributed by atoms with Gasteiger partial charge < -0.3 is 20.3 Å². The third kappa shape index (κ3) is 4.23. The minimum Gasteiger partial charge on any atom is -0.508 e. The fraction of sp³-hybridized carbons (Fsp3) is 0.333. The number of hydrogen-bond acceptors (Lipinski definition) is 4. The summed E-state index contributed by atoms with van der Waals surface area (Å²) in [6.07, 6.45) is 0. The largest absolute Gasteiger partial charge is 0.508 e. The molecule has 0 aliphatic heterocycles. The Kier molecular flexibility index (Phi) is 5.41. The van der Waals surface area contributed by atoms with Crippen molar-refractivity contribution in [3.05, 3.63) is 59.7 Å². The standard InChI is InChI=1S/C18H23NO3/c1-3-22-16-9-10-17(20)14(11-16)12-19-13-18(2,21)15-7-5-4-6-8-15/h4-11,19-21H,3,12-13H2,1-2H3. The van der Waals surface area contributed by atoms with Crippen LogP contribution in [0.2, 0.25) is 0 Å². The van der Waals surface area contributed by atoms with Crippen LogP contribution in [-0.4, -0.2) is 23.4 Å². The van der Waals surface area contributed by atoms with Crippen molar-refractivity contribution in [2.75, 3.05) is 13.2 Å². The highest BCUT2D eigenvalue weighted by Gasteiger charge is 2.22. The van der Waals surface area contributed by atoms with E-state index in [1.165, 1.54) is 0 Å². The molecular weight excluding hydrogens is 278 g/mol. The Morgan fingerprint density at radius 2 is 1.86 bits per heavy atom. The molecule has 0 aliphatic carbocycles. The van der Waals surface area contributed by atoms with Crippen molar-refractivity contribution < 1.29 is 14.9 Å². The van der Waals surface area contributed by atoms with Crippen LogP contribution >= 0.6 is 0 Å². The van der Waals surface area contributed by atoms with Crippen LogP contribution in [0.3, 0.4) is 0 Å². The molecular formula is C18H23NO3. The highest BCUT2D eigenvalue weighted by Crippen LogP contribution is 2.24. The van der Waals surface area contributed by atoms with Crippen molar-refractivity contribution >= 4 is 0 Å². The van der Waals surface area contributed by atoms with E-state index in [-0.39, 0.29) is 5.75 Å². The quantitative estimate of drug-likeness (QED) is 0.736. The second-order valence-corrected chi connectivity index (χ2v) is 5.47. The van der Waals surface area contributed by atoms with Gasteiger partial charge >= 0.3 is 0 Å². The monoisotopic (exact) mass is 301 g/mol. The van der Waals surface area contributed by atoms with E-state index in [9.17, 15) is 10.2 Å². The fourth-order valence-electron chi connectivity index (χ4n) is 2.30. The van der Waals surface area contributed by atoms with Crippen LogP contribution in [0.1, 0.15) is 25.0 Å². The molecule has 0 aliphatic rings. The van der Waals surface area contributed by atoms with E-state index >= 15 is 0 Å². The van der Waals surface area contributed by atoms with Gasteiger partial charge in [0, 0.05) is 18.7 Å². The van der Waals surface area contributed by atoms with Crippen LogP contribution in [0.25, 0.3) is 0 Å². The van der Waals surface area contributed by atoms with Crippen molar-refractivity contribution in [1.29, 1.82) is 0 Å². The molecule has 0 aromatic heterocycles. The van der Waals surface area contributed by atoms with Crippen LogP contribution in [-0.2, 0) is 12.1 Å². The number of rotatable bonds is 7. The SMILES string of the molecule is CCOc1ccc(O)c(CNCC(C)(O)c2ccccc2)c1. The molecule has 2 aromatic carbocycles. The summed E-state index contributed by atoms with van der Waals surface area (Å²) >= 11 is 0. The van der Waals surface area contributed by atoms with E-state index in [1.807, 2.05) is 43.3 Å². The van der Waals surface area contributed by atoms with Crippen LogP contribution in [0.5, 0.6) is 11.5 Å². The summed E-state index contributed by atoms with van der Waals surface area (Å²) in [7, 11) is 0. The molecule has 4 heteroatoms.